The predicted molar refractivity (Wildman–Crippen MR) is 59.1 cm³/mol. The molecule has 17 heavy (non-hydrogen) atoms. The Kier molecular flexibility index (Phi) is 3.71. The smallest absolute Gasteiger partial charge is 0.254 e. The number of amides is 1. The summed E-state index contributed by atoms with van der Waals surface area (Å²) in [7, 11) is 0. The van der Waals surface area contributed by atoms with Crippen molar-refractivity contribution in [2.75, 3.05) is 26.3 Å². The average molecular weight is 239 g/mol. The number of halogens is 1. The highest BCUT2D eigenvalue weighted by atomic mass is 19.1. The molecule has 1 amide bonds. The number of aliphatic hydroxyl groups is 1. The van der Waals surface area contributed by atoms with Crippen LogP contribution >= 0.6 is 0 Å². The van der Waals surface area contributed by atoms with Crippen molar-refractivity contribution in [3.8, 4) is 0 Å². The summed E-state index contributed by atoms with van der Waals surface area (Å²) >= 11 is 0. The van der Waals surface area contributed by atoms with Crippen LogP contribution < -0.4 is 0 Å². The van der Waals surface area contributed by atoms with Crippen LogP contribution in [0, 0.1) is 5.82 Å². The molecule has 1 aliphatic rings. The molecule has 2 rings (SSSR count). The molecule has 0 saturated carbocycles. The van der Waals surface area contributed by atoms with E-state index >= 15 is 0 Å². The fourth-order valence-electron chi connectivity index (χ4n) is 1.82. The summed E-state index contributed by atoms with van der Waals surface area (Å²) in [5.74, 6) is -0.658. The maximum atomic E-state index is 13.0. The normalized spacial score (nSPS) is 20.4. The minimum Gasteiger partial charge on any atom is -0.394 e. The monoisotopic (exact) mass is 239 g/mol. The number of ether oxygens (including phenoxy) is 1. The van der Waals surface area contributed by atoms with E-state index in [0.29, 0.717) is 25.3 Å². The highest BCUT2D eigenvalue weighted by Crippen LogP contribution is 2.11. The van der Waals surface area contributed by atoms with Gasteiger partial charge in [-0.25, -0.2) is 4.39 Å². The van der Waals surface area contributed by atoms with Gasteiger partial charge in [-0.15, -0.1) is 0 Å². The minimum atomic E-state index is -0.428. The molecule has 1 unspecified atom stereocenters. The van der Waals surface area contributed by atoms with Gasteiger partial charge in [-0.2, -0.15) is 0 Å². The molecule has 5 heteroatoms. The standard InChI is InChI=1S/C12H14FNO3/c13-10-3-1-2-9(6-10)12(16)14-4-5-17-11(7-14)8-15/h1-3,6,11,15H,4-5,7-8H2. The third-order valence-corrected chi connectivity index (χ3v) is 2.70. The van der Waals surface area contributed by atoms with E-state index < -0.39 is 5.82 Å². The SMILES string of the molecule is O=C(c1cccc(F)c1)N1CCOC(CO)C1. The van der Waals surface area contributed by atoms with Crippen molar-refractivity contribution in [2.45, 2.75) is 6.10 Å². The summed E-state index contributed by atoms with van der Waals surface area (Å²) in [4.78, 5) is 13.6. The number of hydrogen-bond acceptors (Lipinski definition) is 3. The molecule has 0 aliphatic carbocycles. The van der Waals surface area contributed by atoms with Crippen LogP contribution in [0.5, 0.6) is 0 Å². The van der Waals surface area contributed by atoms with Crippen molar-refractivity contribution in [3.05, 3.63) is 35.6 Å². The Morgan fingerprint density at radius 2 is 2.41 bits per heavy atom. The lowest BCUT2D eigenvalue weighted by molar-refractivity contribution is -0.0447. The number of morpholine rings is 1. The first-order valence-corrected chi connectivity index (χ1v) is 5.48. The molecule has 1 saturated heterocycles. The number of aliphatic hydroxyl groups excluding tert-OH is 1. The molecule has 0 spiro atoms. The van der Waals surface area contributed by atoms with Gasteiger partial charge in [0.05, 0.1) is 19.3 Å². The molecule has 1 aromatic carbocycles. The Morgan fingerprint density at radius 3 is 3.12 bits per heavy atom. The van der Waals surface area contributed by atoms with E-state index in [0.717, 1.165) is 0 Å². The van der Waals surface area contributed by atoms with Gasteiger partial charge < -0.3 is 14.7 Å². The van der Waals surface area contributed by atoms with E-state index in [1.54, 1.807) is 11.0 Å². The first kappa shape index (κ1) is 12.0. The largest absolute Gasteiger partial charge is 0.394 e. The molecule has 4 nitrogen and oxygen atoms in total. The van der Waals surface area contributed by atoms with Crippen LogP contribution in [0.4, 0.5) is 4.39 Å². The molecular formula is C12H14FNO3. The van der Waals surface area contributed by atoms with E-state index in [2.05, 4.69) is 0 Å². The number of rotatable bonds is 2. The first-order valence-electron chi connectivity index (χ1n) is 5.48. The Labute approximate surface area is 98.6 Å². The van der Waals surface area contributed by atoms with Crippen molar-refractivity contribution in [3.63, 3.8) is 0 Å². The Hall–Kier alpha value is -1.46. The molecule has 92 valence electrons. The molecule has 0 aromatic heterocycles. The van der Waals surface area contributed by atoms with Gasteiger partial charge in [-0.1, -0.05) is 6.07 Å². The van der Waals surface area contributed by atoms with Gasteiger partial charge in [-0.05, 0) is 18.2 Å². The molecule has 1 fully saturated rings. The van der Waals surface area contributed by atoms with Crippen LogP contribution in [0.15, 0.2) is 24.3 Å². The van der Waals surface area contributed by atoms with Crippen LogP contribution in [0.25, 0.3) is 0 Å². The second-order valence-electron chi connectivity index (χ2n) is 3.94. The summed E-state index contributed by atoms with van der Waals surface area (Å²) in [6, 6.07) is 5.60. The van der Waals surface area contributed by atoms with Gasteiger partial charge in [0, 0.05) is 18.7 Å². The summed E-state index contributed by atoms with van der Waals surface area (Å²) < 4.78 is 18.3. The molecular weight excluding hydrogens is 225 g/mol. The fraction of sp³-hybridized carbons (Fsp3) is 0.417. The number of carbonyl (C=O) groups is 1. The maximum absolute atomic E-state index is 13.0. The lowest BCUT2D eigenvalue weighted by Crippen LogP contribution is -2.46. The topological polar surface area (TPSA) is 49.8 Å². The summed E-state index contributed by atoms with van der Waals surface area (Å²) in [6.07, 6.45) is -0.346. The number of hydrogen-bond donors (Lipinski definition) is 1. The predicted octanol–water partition coefficient (Wildman–Crippen LogP) is 0.659. The van der Waals surface area contributed by atoms with Crippen molar-refractivity contribution >= 4 is 5.91 Å². The Morgan fingerprint density at radius 1 is 1.59 bits per heavy atom. The molecule has 1 aliphatic heterocycles. The van der Waals surface area contributed by atoms with Crippen molar-refractivity contribution in [2.24, 2.45) is 0 Å². The van der Waals surface area contributed by atoms with Crippen LogP contribution in [-0.4, -0.2) is 48.3 Å². The minimum absolute atomic E-state index is 0.118. The summed E-state index contributed by atoms with van der Waals surface area (Å²) in [5.41, 5.74) is 0.323. The quantitative estimate of drug-likeness (QED) is 0.824. The highest BCUT2D eigenvalue weighted by molar-refractivity contribution is 5.94. The van der Waals surface area contributed by atoms with Crippen molar-refractivity contribution in [1.82, 2.24) is 4.90 Å². The van der Waals surface area contributed by atoms with E-state index in [4.69, 9.17) is 9.84 Å². The first-order chi connectivity index (χ1) is 8.20. The van der Waals surface area contributed by atoms with Crippen LogP contribution in [0.2, 0.25) is 0 Å². The maximum Gasteiger partial charge on any atom is 0.254 e. The average Bonchev–Trinajstić information content (AvgIpc) is 2.38. The molecule has 0 bridgehead atoms. The van der Waals surface area contributed by atoms with Crippen LogP contribution in [0.3, 0.4) is 0 Å². The molecule has 0 radical (unpaired) electrons. The van der Waals surface area contributed by atoms with Gasteiger partial charge in [0.2, 0.25) is 0 Å². The molecule has 1 aromatic rings. The number of nitrogens with zero attached hydrogens (tertiary/aromatic N) is 1. The molecule has 1 atom stereocenters. The van der Waals surface area contributed by atoms with Gasteiger partial charge in [-0.3, -0.25) is 4.79 Å². The van der Waals surface area contributed by atoms with Crippen LogP contribution in [0.1, 0.15) is 10.4 Å². The van der Waals surface area contributed by atoms with Crippen molar-refractivity contribution < 1.29 is 19.0 Å². The van der Waals surface area contributed by atoms with Gasteiger partial charge >= 0.3 is 0 Å². The lowest BCUT2D eigenvalue weighted by atomic mass is 10.1. The third kappa shape index (κ3) is 2.81. The number of carbonyl (C=O) groups excluding carboxylic acids is 1. The summed E-state index contributed by atoms with van der Waals surface area (Å²) in [6.45, 7) is 1.08. The second kappa shape index (κ2) is 5.25. The van der Waals surface area contributed by atoms with E-state index in [1.807, 2.05) is 0 Å². The van der Waals surface area contributed by atoms with Gasteiger partial charge in [0.25, 0.3) is 5.91 Å². The highest BCUT2D eigenvalue weighted by Gasteiger charge is 2.24. The molecule has 1 heterocycles. The lowest BCUT2D eigenvalue weighted by Gasteiger charge is -2.32. The Balaban J connectivity index is 2.09. The van der Waals surface area contributed by atoms with E-state index in [9.17, 15) is 9.18 Å². The summed E-state index contributed by atoms with van der Waals surface area (Å²) in [5, 5.41) is 8.98. The van der Waals surface area contributed by atoms with E-state index in [-0.39, 0.29) is 18.6 Å². The Bertz CT molecular complexity index is 410. The second-order valence-corrected chi connectivity index (χ2v) is 3.94. The number of benzene rings is 1. The van der Waals surface area contributed by atoms with Gasteiger partial charge in [0.1, 0.15) is 5.82 Å². The van der Waals surface area contributed by atoms with Gasteiger partial charge in [0.15, 0.2) is 0 Å². The van der Waals surface area contributed by atoms with Crippen molar-refractivity contribution in [1.29, 1.82) is 0 Å². The zero-order valence-corrected chi connectivity index (χ0v) is 9.30. The fourth-order valence-corrected chi connectivity index (χ4v) is 1.82. The molecule has 1 N–H and O–H groups in total. The zero-order chi connectivity index (χ0) is 12.3. The van der Waals surface area contributed by atoms with E-state index in [1.165, 1.54) is 18.2 Å². The van der Waals surface area contributed by atoms with Crippen LogP contribution in [-0.2, 0) is 4.74 Å². The zero-order valence-electron chi connectivity index (χ0n) is 9.30. The third-order valence-electron chi connectivity index (χ3n) is 2.70.